The summed E-state index contributed by atoms with van der Waals surface area (Å²) >= 11 is 18.0. The van der Waals surface area contributed by atoms with E-state index in [4.69, 9.17) is 32.7 Å². The molecule has 0 saturated heterocycles. The largest absolute Gasteiger partial charge is 0.490 e. The van der Waals surface area contributed by atoms with Crippen molar-refractivity contribution in [1.29, 1.82) is 0 Å². The van der Waals surface area contributed by atoms with Gasteiger partial charge in [0.15, 0.2) is 11.5 Å². The third-order valence-electron chi connectivity index (χ3n) is 2.82. The molecule has 1 aromatic heterocycles. The Morgan fingerprint density at radius 3 is 2.29 bits per heavy atom. The maximum atomic E-state index is 6.56. The fourth-order valence-corrected chi connectivity index (χ4v) is 3.82. The molecule has 2 aromatic rings. The number of hydrogen-bond donors (Lipinski definition) is 0. The Balaban J connectivity index is 2.40. The van der Waals surface area contributed by atoms with Gasteiger partial charge in [0.05, 0.1) is 22.4 Å². The lowest BCUT2D eigenvalue weighted by Crippen LogP contribution is -2.01. The van der Waals surface area contributed by atoms with Gasteiger partial charge in [0, 0.05) is 11.1 Å². The van der Waals surface area contributed by atoms with Gasteiger partial charge >= 0.3 is 0 Å². The van der Waals surface area contributed by atoms with E-state index in [1.807, 2.05) is 31.4 Å². The summed E-state index contributed by atoms with van der Waals surface area (Å²) in [6.07, 6.45) is 0. The molecule has 0 fully saturated rings. The molecule has 0 aliphatic heterocycles. The zero-order valence-electron chi connectivity index (χ0n) is 11.7. The summed E-state index contributed by atoms with van der Waals surface area (Å²) in [7, 11) is 0. The first-order valence-corrected chi connectivity index (χ1v) is 9.02. The lowest BCUT2D eigenvalue weighted by Gasteiger charge is -2.16. The molecule has 0 aliphatic rings. The molecule has 0 aliphatic carbocycles. The van der Waals surface area contributed by atoms with Gasteiger partial charge in [-0.25, -0.2) is 0 Å². The van der Waals surface area contributed by atoms with Crippen molar-refractivity contribution in [2.24, 2.45) is 0 Å². The molecule has 114 valence electrons. The van der Waals surface area contributed by atoms with Crippen LogP contribution < -0.4 is 9.47 Å². The Bertz CT molecular complexity index is 616. The highest BCUT2D eigenvalue weighted by Gasteiger charge is 2.19. The lowest BCUT2D eigenvalue weighted by molar-refractivity contribution is 0.287. The van der Waals surface area contributed by atoms with E-state index in [2.05, 4.69) is 15.9 Å². The monoisotopic (exact) mass is 408 g/mol. The molecule has 0 bridgehead atoms. The highest BCUT2D eigenvalue weighted by atomic mass is 79.9. The standard InChI is InChI=1S/C15H15BrCl2O2S/c1-3-19-12-6-10(11(17)7-13(12)20-4-2)15(18)9-5-14(16)21-8-9/h5-8,15H,3-4H2,1-2H3. The maximum Gasteiger partial charge on any atom is 0.162 e. The van der Waals surface area contributed by atoms with E-state index in [-0.39, 0.29) is 5.38 Å². The molecule has 2 rings (SSSR count). The normalized spacial score (nSPS) is 12.2. The number of alkyl halides is 1. The van der Waals surface area contributed by atoms with E-state index in [1.54, 1.807) is 17.4 Å². The van der Waals surface area contributed by atoms with Crippen LogP contribution in [0.5, 0.6) is 11.5 Å². The van der Waals surface area contributed by atoms with Crippen molar-refractivity contribution in [3.63, 3.8) is 0 Å². The predicted molar refractivity (Wildman–Crippen MR) is 93.5 cm³/mol. The third kappa shape index (κ3) is 4.07. The van der Waals surface area contributed by atoms with Crippen molar-refractivity contribution >= 4 is 50.5 Å². The van der Waals surface area contributed by atoms with Crippen molar-refractivity contribution < 1.29 is 9.47 Å². The molecule has 0 saturated carbocycles. The Labute approximate surface area is 147 Å². The number of ether oxygens (including phenoxy) is 2. The first-order chi connectivity index (χ1) is 10.1. The highest BCUT2D eigenvalue weighted by Crippen LogP contribution is 2.42. The van der Waals surface area contributed by atoms with Crippen LogP contribution in [0.4, 0.5) is 0 Å². The van der Waals surface area contributed by atoms with Gasteiger partial charge in [-0.15, -0.1) is 22.9 Å². The zero-order valence-corrected chi connectivity index (χ0v) is 15.6. The molecule has 0 amide bonds. The Kier molecular flexibility index (Phi) is 6.23. The van der Waals surface area contributed by atoms with Crippen LogP contribution in [0.25, 0.3) is 0 Å². The van der Waals surface area contributed by atoms with Gasteiger partial charge in [0.25, 0.3) is 0 Å². The SMILES string of the molecule is CCOc1cc(Cl)c(C(Cl)c2csc(Br)c2)cc1OCC. The molecule has 6 heteroatoms. The molecule has 1 unspecified atom stereocenters. The molecular weight excluding hydrogens is 395 g/mol. The average molecular weight is 410 g/mol. The summed E-state index contributed by atoms with van der Waals surface area (Å²) < 4.78 is 12.2. The molecular formula is C15H15BrCl2O2S. The van der Waals surface area contributed by atoms with E-state index in [9.17, 15) is 0 Å². The van der Waals surface area contributed by atoms with Crippen LogP contribution in [0.3, 0.4) is 0 Å². The van der Waals surface area contributed by atoms with Crippen LogP contribution in [0, 0.1) is 0 Å². The van der Waals surface area contributed by atoms with Gasteiger partial charge in [-0.3, -0.25) is 0 Å². The topological polar surface area (TPSA) is 18.5 Å². The van der Waals surface area contributed by atoms with Crippen LogP contribution in [-0.2, 0) is 0 Å². The van der Waals surface area contributed by atoms with E-state index >= 15 is 0 Å². The van der Waals surface area contributed by atoms with Crippen LogP contribution in [0.2, 0.25) is 5.02 Å². The Morgan fingerprint density at radius 1 is 1.14 bits per heavy atom. The first-order valence-electron chi connectivity index (χ1n) is 6.53. The number of hydrogen-bond acceptors (Lipinski definition) is 3. The quantitative estimate of drug-likeness (QED) is 0.522. The van der Waals surface area contributed by atoms with E-state index < -0.39 is 0 Å². The Morgan fingerprint density at radius 2 is 1.76 bits per heavy atom. The summed E-state index contributed by atoms with van der Waals surface area (Å²) in [4.78, 5) is 0. The molecule has 21 heavy (non-hydrogen) atoms. The van der Waals surface area contributed by atoms with Crippen LogP contribution >= 0.6 is 50.5 Å². The van der Waals surface area contributed by atoms with Gasteiger partial charge in [0.1, 0.15) is 0 Å². The van der Waals surface area contributed by atoms with Gasteiger partial charge in [-0.05, 0) is 58.4 Å². The second-order valence-electron chi connectivity index (χ2n) is 4.23. The lowest BCUT2D eigenvalue weighted by atomic mass is 10.1. The smallest absolute Gasteiger partial charge is 0.162 e. The minimum Gasteiger partial charge on any atom is -0.490 e. The van der Waals surface area contributed by atoms with Crippen molar-refractivity contribution in [3.8, 4) is 11.5 Å². The van der Waals surface area contributed by atoms with E-state index in [0.717, 1.165) is 14.9 Å². The molecule has 0 N–H and O–H groups in total. The fraction of sp³-hybridized carbons (Fsp3) is 0.333. The fourth-order valence-electron chi connectivity index (χ4n) is 1.92. The van der Waals surface area contributed by atoms with Gasteiger partial charge in [-0.1, -0.05) is 11.6 Å². The Hall–Kier alpha value is -0.420. The third-order valence-corrected chi connectivity index (χ3v) is 5.15. The molecule has 0 spiro atoms. The summed E-state index contributed by atoms with van der Waals surface area (Å²) in [6.45, 7) is 4.96. The van der Waals surface area contributed by atoms with Crippen molar-refractivity contribution in [1.82, 2.24) is 0 Å². The van der Waals surface area contributed by atoms with Crippen molar-refractivity contribution in [2.75, 3.05) is 13.2 Å². The number of halogens is 3. The number of benzene rings is 1. The maximum absolute atomic E-state index is 6.56. The van der Waals surface area contributed by atoms with Gasteiger partial charge < -0.3 is 9.47 Å². The first kappa shape index (κ1) is 16.9. The minimum atomic E-state index is -0.324. The number of thiophene rings is 1. The summed E-state index contributed by atoms with van der Waals surface area (Å²) in [5.41, 5.74) is 1.82. The van der Waals surface area contributed by atoms with Crippen molar-refractivity contribution in [3.05, 3.63) is 43.5 Å². The van der Waals surface area contributed by atoms with E-state index in [0.29, 0.717) is 29.7 Å². The van der Waals surface area contributed by atoms with Crippen LogP contribution in [0.1, 0.15) is 30.4 Å². The molecule has 0 radical (unpaired) electrons. The second kappa shape index (κ2) is 7.73. The van der Waals surface area contributed by atoms with Gasteiger partial charge in [0.2, 0.25) is 0 Å². The zero-order chi connectivity index (χ0) is 15.4. The predicted octanol–water partition coefficient (Wildman–Crippen LogP) is 6.29. The minimum absolute atomic E-state index is 0.324. The summed E-state index contributed by atoms with van der Waals surface area (Å²) in [6, 6.07) is 5.62. The highest BCUT2D eigenvalue weighted by molar-refractivity contribution is 9.11. The average Bonchev–Trinajstić information content (AvgIpc) is 2.88. The molecule has 2 nitrogen and oxygen atoms in total. The van der Waals surface area contributed by atoms with E-state index in [1.165, 1.54) is 0 Å². The summed E-state index contributed by atoms with van der Waals surface area (Å²) in [5.74, 6) is 1.31. The number of rotatable bonds is 6. The van der Waals surface area contributed by atoms with Crippen LogP contribution in [-0.4, -0.2) is 13.2 Å². The second-order valence-corrected chi connectivity index (χ2v) is 7.37. The molecule has 1 heterocycles. The van der Waals surface area contributed by atoms with Crippen LogP contribution in [0.15, 0.2) is 27.4 Å². The van der Waals surface area contributed by atoms with Gasteiger partial charge in [-0.2, -0.15) is 0 Å². The molecule has 1 atom stereocenters. The summed E-state index contributed by atoms with van der Waals surface area (Å²) in [5, 5.41) is 2.26. The molecule has 1 aromatic carbocycles. The van der Waals surface area contributed by atoms with Crippen molar-refractivity contribution in [2.45, 2.75) is 19.2 Å².